The molecule has 2 atom stereocenters. The number of aromatic amines is 1. The van der Waals surface area contributed by atoms with E-state index in [0.717, 1.165) is 22.8 Å². The Hall–Kier alpha value is -2.51. The van der Waals surface area contributed by atoms with Crippen LogP contribution in [0.15, 0.2) is 53.4 Å². The predicted octanol–water partition coefficient (Wildman–Crippen LogP) is 2.42. The van der Waals surface area contributed by atoms with Crippen molar-refractivity contribution in [2.24, 2.45) is 4.99 Å². The van der Waals surface area contributed by atoms with Gasteiger partial charge in [0.15, 0.2) is 0 Å². The normalized spacial score (nSPS) is 20.3. The molecule has 7 heteroatoms. The summed E-state index contributed by atoms with van der Waals surface area (Å²) < 4.78 is 0. The van der Waals surface area contributed by atoms with Crippen molar-refractivity contribution in [3.05, 3.63) is 64.5 Å². The van der Waals surface area contributed by atoms with Gasteiger partial charge in [-0.3, -0.25) is 10.3 Å². The maximum absolute atomic E-state index is 5.04. The first-order chi connectivity index (χ1) is 11.4. The van der Waals surface area contributed by atoms with Gasteiger partial charge in [0.25, 0.3) is 0 Å². The number of H-pyrrole nitrogens is 1. The largest absolute Gasteiger partial charge is 0.352 e. The molecule has 0 aromatic carbocycles. The lowest BCUT2D eigenvalue weighted by Crippen LogP contribution is -2.38. The van der Waals surface area contributed by atoms with Gasteiger partial charge in [-0.05, 0) is 30.6 Å². The van der Waals surface area contributed by atoms with E-state index in [-0.39, 0.29) is 12.2 Å². The molecule has 3 N–H and O–H groups in total. The van der Waals surface area contributed by atoms with Crippen LogP contribution in [0.5, 0.6) is 0 Å². The zero-order valence-corrected chi connectivity index (χ0v) is 13.3. The summed E-state index contributed by atoms with van der Waals surface area (Å²) >= 11 is 1.70. The number of anilines is 1. The maximum Gasteiger partial charge on any atom is 0.136 e. The molecule has 0 amide bonds. The summed E-state index contributed by atoms with van der Waals surface area (Å²) in [5.74, 6) is 0.819. The van der Waals surface area contributed by atoms with Crippen molar-refractivity contribution >= 4 is 22.9 Å². The third kappa shape index (κ3) is 2.54. The fourth-order valence-electron chi connectivity index (χ4n) is 2.74. The summed E-state index contributed by atoms with van der Waals surface area (Å²) in [7, 11) is 1.93. The van der Waals surface area contributed by atoms with Crippen molar-refractivity contribution < 1.29 is 0 Å². The van der Waals surface area contributed by atoms with Crippen LogP contribution < -0.4 is 10.6 Å². The Balaban J connectivity index is 1.91. The number of nitrogens with one attached hydrogen (secondary N) is 3. The first-order valence-corrected chi connectivity index (χ1v) is 8.24. The van der Waals surface area contributed by atoms with E-state index in [4.69, 9.17) is 4.99 Å². The van der Waals surface area contributed by atoms with Gasteiger partial charge in [0.1, 0.15) is 18.0 Å². The van der Waals surface area contributed by atoms with E-state index >= 15 is 0 Å². The second kappa shape index (κ2) is 5.94. The van der Waals surface area contributed by atoms with E-state index in [1.54, 1.807) is 30.1 Å². The highest BCUT2D eigenvalue weighted by molar-refractivity contribution is 7.10. The number of imidazole rings is 1. The fourth-order valence-corrected chi connectivity index (χ4v) is 3.54. The molecule has 4 rings (SSSR count). The molecule has 0 fully saturated rings. The summed E-state index contributed by atoms with van der Waals surface area (Å²) in [6.07, 6.45) is 5.21. The number of likely N-dealkylation sites (N-methyl/N-ethyl adjacent to an activating group) is 1. The summed E-state index contributed by atoms with van der Waals surface area (Å²) in [6, 6.07) is 8.06. The van der Waals surface area contributed by atoms with E-state index in [1.165, 1.54) is 4.88 Å². The van der Waals surface area contributed by atoms with E-state index in [2.05, 4.69) is 37.0 Å². The number of thiophene rings is 1. The topological polar surface area (TPSA) is 78.0 Å². The minimum atomic E-state index is -0.0486. The molecule has 2 unspecified atom stereocenters. The van der Waals surface area contributed by atoms with Gasteiger partial charge < -0.3 is 10.3 Å². The third-order valence-electron chi connectivity index (χ3n) is 3.84. The zero-order chi connectivity index (χ0) is 15.6. The van der Waals surface area contributed by atoms with Crippen molar-refractivity contribution in [1.29, 1.82) is 0 Å². The minimum Gasteiger partial charge on any atom is -0.352 e. The molecule has 116 valence electrons. The van der Waals surface area contributed by atoms with Crippen molar-refractivity contribution in [3.8, 4) is 0 Å². The van der Waals surface area contributed by atoms with Gasteiger partial charge in [0.05, 0.1) is 23.9 Å². The first kappa shape index (κ1) is 14.1. The Kier molecular flexibility index (Phi) is 3.64. The summed E-state index contributed by atoms with van der Waals surface area (Å²) in [4.78, 5) is 18.0. The third-order valence-corrected chi connectivity index (χ3v) is 4.78. The van der Waals surface area contributed by atoms with Gasteiger partial charge in [0, 0.05) is 16.6 Å². The van der Waals surface area contributed by atoms with Crippen LogP contribution >= 0.6 is 11.3 Å². The molecule has 6 nitrogen and oxygen atoms in total. The lowest BCUT2D eigenvalue weighted by atomic mass is 10.1. The van der Waals surface area contributed by atoms with Gasteiger partial charge in [-0.2, -0.15) is 0 Å². The molecule has 0 spiro atoms. The average Bonchev–Trinajstić information content (AvgIpc) is 3.26. The average molecular weight is 324 g/mol. The van der Waals surface area contributed by atoms with Crippen LogP contribution in [0.4, 0.5) is 5.82 Å². The molecule has 1 aliphatic rings. The monoisotopic (exact) mass is 324 g/mol. The predicted molar refractivity (Wildman–Crippen MR) is 92.0 cm³/mol. The summed E-state index contributed by atoms with van der Waals surface area (Å²) in [5.41, 5.74) is 2.73. The molecular formula is C16H16N6S. The van der Waals surface area contributed by atoms with Gasteiger partial charge in [0.2, 0.25) is 0 Å². The number of hydrogen-bond acceptors (Lipinski definition) is 6. The number of fused-ring (bicyclic) bond motifs is 1. The van der Waals surface area contributed by atoms with Crippen LogP contribution in [0.3, 0.4) is 0 Å². The van der Waals surface area contributed by atoms with Gasteiger partial charge in [-0.15, -0.1) is 11.3 Å². The highest BCUT2D eigenvalue weighted by Gasteiger charge is 2.29. The Bertz CT molecular complexity index is 809. The van der Waals surface area contributed by atoms with E-state index in [1.807, 2.05) is 25.2 Å². The van der Waals surface area contributed by atoms with Gasteiger partial charge in [-0.25, -0.2) is 9.97 Å². The molecule has 0 aliphatic carbocycles. The Labute approximate surface area is 137 Å². The summed E-state index contributed by atoms with van der Waals surface area (Å²) in [5, 5.41) is 8.86. The van der Waals surface area contributed by atoms with Crippen molar-refractivity contribution in [2.45, 2.75) is 12.2 Å². The standard InChI is InChI=1S/C16H16N6S/c1-17-16-14(12-5-3-7-23-12)21-13(11-8-18-9-20-11)10-4-2-6-19-15(10)22-16/h2-9,14,16-17H,1H3,(H,18,20)(H,19,22). The highest BCUT2D eigenvalue weighted by atomic mass is 32.1. The van der Waals surface area contributed by atoms with Crippen LogP contribution in [-0.2, 0) is 0 Å². The van der Waals surface area contributed by atoms with Crippen LogP contribution in [0, 0.1) is 0 Å². The van der Waals surface area contributed by atoms with E-state index in [0.29, 0.717) is 0 Å². The lowest BCUT2D eigenvalue weighted by molar-refractivity contribution is 0.528. The van der Waals surface area contributed by atoms with E-state index < -0.39 is 0 Å². The lowest BCUT2D eigenvalue weighted by Gasteiger charge is -2.22. The van der Waals surface area contributed by atoms with Crippen molar-refractivity contribution in [3.63, 3.8) is 0 Å². The maximum atomic E-state index is 5.04. The molecule has 1 aliphatic heterocycles. The number of aromatic nitrogens is 3. The number of aliphatic imine (C=N–C) groups is 1. The fraction of sp³-hybridized carbons (Fsp3) is 0.188. The van der Waals surface area contributed by atoms with Crippen LogP contribution in [-0.4, -0.2) is 33.9 Å². The molecule has 0 saturated heterocycles. The molecule has 0 bridgehead atoms. The molecule has 0 saturated carbocycles. The zero-order valence-electron chi connectivity index (χ0n) is 12.5. The van der Waals surface area contributed by atoms with Crippen molar-refractivity contribution in [1.82, 2.24) is 20.3 Å². The Morgan fingerprint density at radius 3 is 2.96 bits per heavy atom. The smallest absolute Gasteiger partial charge is 0.136 e. The summed E-state index contributed by atoms with van der Waals surface area (Å²) in [6.45, 7) is 0. The molecule has 3 aromatic heterocycles. The van der Waals surface area contributed by atoms with Gasteiger partial charge >= 0.3 is 0 Å². The second-order valence-electron chi connectivity index (χ2n) is 5.21. The first-order valence-electron chi connectivity index (χ1n) is 7.36. The number of pyridine rings is 1. The second-order valence-corrected chi connectivity index (χ2v) is 6.19. The molecular weight excluding hydrogens is 308 g/mol. The minimum absolute atomic E-state index is 0.0391. The molecule has 3 aromatic rings. The quantitative estimate of drug-likeness (QED) is 0.691. The number of hydrogen-bond donors (Lipinski definition) is 3. The Morgan fingerprint density at radius 1 is 1.26 bits per heavy atom. The molecule has 0 radical (unpaired) electrons. The number of rotatable bonds is 3. The molecule has 23 heavy (non-hydrogen) atoms. The molecule has 4 heterocycles. The highest BCUT2D eigenvalue weighted by Crippen LogP contribution is 2.32. The van der Waals surface area contributed by atoms with Gasteiger partial charge in [-0.1, -0.05) is 6.07 Å². The number of nitrogens with zero attached hydrogens (tertiary/aromatic N) is 3. The van der Waals surface area contributed by atoms with Crippen LogP contribution in [0.1, 0.15) is 22.2 Å². The Morgan fingerprint density at radius 2 is 2.22 bits per heavy atom. The SMILES string of the molecule is CNC1Nc2ncccc2C(c2cnc[nH]2)=NC1c1cccs1. The van der Waals surface area contributed by atoms with E-state index in [9.17, 15) is 0 Å². The van der Waals surface area contributed by atoms with Crippen molar-refractivity contribution in [2.75, 3.05) is 12.4 Å². The van der Waals surface area contributed by atoms with Crippen LogP contribution in [0.25, 0.3) is 0 Å². The van der Waals surface area contributed by atoms with Crippen LogP contribution in [0.2, 0.25) is 0 Å².